The summed E-state index contributed by atoms with van der Waals surface area (Å²) in [5.41, 5.74) is 6.68. The van der Waals surface area contributed by atoms with Gasteiger partial charge in [-0.15, -0.1) is 0 Å². The molecule has 1 aliphatic heterocycles. The van der Waals surface area contributed by atoms with E-state index in [0.29, 0.717) is 5.92 Å². The molecule has 0 amide bonds. The van der Waals surface area contributed by atoms with Crippen LogP contribution >= 0.6 is 0 Å². The van der Waals surface area contributed by atoms with E-state index in [2.05, 4.69) is 74.1 Å². The molecule has 1 saturated carbocycles. The van der Waals surface area contributed by atoms with Gasteiger partial charge in [-0.2, -0.15) is 4.57 Å². The van der Waals surface area contributed by atoms with Gasteiger partial charge in [-0.25, -0.2) is 0 Å². The Bertz CT molecular complexity index is 1330. The molecule has 6 rings (SSSR count). The lowest BCUT2D eigenvalue weighted by molar-refractivity contribution is -0.659. The van der Waals surface area contributed by atoms with Gasteiger partial charge in [-0.3, -0.25) is 0 Å². The molecule has 3 aromatic carbocycles. The number of rotatable bonds is 1. The molecule has 1 aromatic heterocycles. The van der Waals surface area contributed by atoms with E-state index in [1.54, 1.807) is 0 Å². The van der Waals surface area contributed by atoms with Crippen LogP contribution in [0.1, 0.15) is 54.7 Å². The minimum absolute atomic E-state index is 0.713. The van der Waals surface area contributed by atoms with Crippen LogP contribution in [0.3, 0.4) is 0 Å². The van der Waals surface area contributed by atoms with Gasteiger partial charge in [0, 0.05) is 16.2 Å². The fourth-order valence-corrected chi connectivity index (χ4v) is 5.69. The summed E-state index contributed by atoms with van der Waals surface area (Å²) >= 11 is 0. The van der Waals surface area contributed by atoms with Gasteiger partial charge < -0.3 is 4.74 Å². The van der Waals surface area contributed by atoms with Crippen LogP contribution in [0.5, 0.6) is 11.5 Å². The second-order valence-corrected chi connectivity index (χ2v) is 9.25. The zero-order valence-electron chi connectivity index (χ0n) is 18.1. The Labute approximate surface area is 178 Å². The van der Waals surface area contributed by atoms with Gasteiger partial charge in [0.1, 0.15) is 12.8 Å². The van der Waals surface area contributed by atoms with Gasteiger partial charge in [-0.1, -0.05) is 43.5 Å². The fraction of sp³-hybridized carbons (Fsp3) is 0.321. The van der Waals surface area contributed by atoms with Gasteiger partial charge in [0.05, 0.1) is 5.56 Å². The van der Waals surface area contributed by atoms with E-state index in [4.69, 9.17) is 4.74 Å². The summed E-state index contributed by atoms with van der Waals surface area (Å²) in [5.74, 6) is 2.69. The number of ether oxygens (including phenoxy) is 1. The van der Waals surface area contributed by atoms with E-state index in [-0.39, 0.29) is 0 Å². The largest absolute Gasteiger partial charge is 0.449 e. The summed E-state index contributed by atoms with van der Waals surface area (Å²) < 4.78 is 8.88. The van der Waals surface area contributed by atoms with Gasteiger partial charge >= 0.3 is 0 Å². The van der Waals surface area contributed by atoms with Crippen LogP contribution in [0.25, 0.3) is 32.8 Å². The second-order valence-electron chi connectivity index (χ2n) is 9.25. The lowest BCUT2D eigenvalue weighted by atomic mass is 9.83. The molecule has 4 aromatic rings. The molecule has 2 heterocycles. The minimum atomic E-state index is 0.713. The molecule has 0 radical (unpaired) electrons. The summed E-state index contributed by atoms with van der Waals surface area (Å²) in [4.78, 5) is 0. The number of benzene rings is 3. The van der Waals surface area contributed by atoms with Crippen LogP contribution in [-0.2, 0) is 7.05 Å². The fourth-order valence-electron chi connectivity index (χ4n) is 5.69. The maximum absolute atomic E-state index is 6.60. The number of nitrogens with zero attached hydrogens (tertiary/aromatic N) is 1. The van der Waals surface area contributed by atoms with E-state index in [9.17, 15) is 0 Å². The van der Waals surface area contributed by atoms with Crippen molar-refractivity contribution in [1.29, 1.82) is 0 Å². The number of pyridine rings is 1. The predicted molar refractivity (Wildman–Crippen MR) is 123 cm³/mol. The molecule has 2 heteroatoms. The van der Waals surface area contributed by atoms with Crippen molar-refractivity contribution in [3.8, 4) is 22.8 Å². The Kier molecular flexibility index (Phi) is 3.93. The number of hydrogen-bond donors (Lipinski definition) is 0. The maximum atomic E-state index is 6.60. The highest BCUT2D eigenvalue weighted by Crippen LogP contribution is 2.49. The third-order valence-electron chi connectivity index (χ3n) is 7.39. The molecule has 0 spiro atoms. The van der Waals surface area contributed by atoms with Gasteiger partial charge in [-0.05, 0) is 72.9 Å². The third-order valence-corrected chi connectivity index (χ3v) is 7.39. The molecule has 0 atom stereocenters. The molecule has 0 N–H and O–H groups in total. The molecule has 30 heavy (non-hydrogen) atoms. The molecule has 1 fully saturated rings. The highest BCUT2D eigenvalue weighted by Gasteiger charge is 2.32. The van der Waals surface area contributed by atoms with Crippen LogP contribution < -0.4 is 9.30 Å². The van der Waals surface area contributed by atoms with Crippen LogP contribution in [0, 0.1) is 13.8 Å². The Morgan fingerprint density at radius 1 is 0.933 bits per heavy atom. The smallest absolute Gasteiger partial charge is 0.257 e. The average Bonchev–Trinajstić information content (AvgIpc) is 2.77. The quantitative estimate of drug-likeness (QED) is 0.273. The Morgan fingerprint density at radius 2 is 1.77 bits per heavy atom. The highest BCUT2D eigenvalue weighted by molar-refractivity contribution is 6.07. The van der Waals surface area contributed by atoms with Gasteiger partial charge in [0.25, 0.3) is 5.69 Å². The summed E-state index contributed by atoms with van der Waals surface area (Å²) in [7, 11) is 2.16. The summed E-state index contributed by atoms with van der Waals surface area (Å²) in [6.45, 7) is 4.46. The molecule has 2 aliphatic rings. The summed E-state index contributed by atoms with van der Waals surface area (Å²) in [6, 6.07) is 15.8. The molecule has 0 unspecified atom stereocenters. The Balaban J connectivity index is 1.62. The van der Waals surface area contributed by atoms with E-state index in [0.717, 1.165) is 11.5 Å². The third kappa shape index (κ3) is 2.52. The zero-order chi connectivity index (χ0) is 20.4. The van der Waals surface area contributed by atoms with Crippen molar-refractivity contribution in [3.05, 3.63) is 65.4 Å². The SMILES string of the molecule is Cc1cc2cccc3c2c(c1C)-c1c(c2ccc(C4CCCCC4)cc2c[n+]1C)O3. The molecule has 0 saturated heterocycles. The molecular formula is C28H28NO+. The number of fused-ring (bicyclic) bond motifs is 4. The normalized spacial score (nSPS) is 16.0. The van der Waals surface area contributed by atoms with Crippen LogP contribution in [0.15, 0.2) is 48.7 Å². The average molecular weight is 395 g/mol. The molecule has 0 bridgehead atoms. The molecule has 150 valence electrons. The highest BCUT2D eigenvalue weighted by atomic mass is 16.5. The van der Waals surface area contributed by atoms with Crippen molar-refractivity contribution in [3.63, 3.8) is 0 Å². The monoisotopic (exact) mass is 394 g/mol. The molecular weight excluding hydrogens is 366 g/mol. The first-order chi connectivity index (χ1) is 14.6. The second kappa shape index (κ2) is 6.57. The first-order valence-corrected chi connectivity index (χ1v) is 11.3. The maximum Gasteiger partial charge on any atom is 0.257 e. The van der Waals surface area contributed by atoms with Gasteiger partial charge in [0.15, 0.2) is 6.20 Å². The van der Waals surface area contributed by atoms with Crippen molar-refractivity contribution >= 4 is 21.5 Å². The summed E-state index contributed by atoms with van der Waals surface area (Å²) in [6.07, 6.45) is 9.07. The number of aromatic nitrogens is 1. The summed E-state index contributed by atoms with van der Waals surface area (Å²) in [5, 5.41) is 4.98. The van der Waals surface area contributed by atoms with Crippen molar-refractivity contribution < 1.29 is 9.30 Å². The predicted octanol–water partition coefficient (Wildman–Crippen LogP) is 7.25. The zero-order valence-corrected chi connectivity index (χ0v) is 18.1. The lowest BCUT2D eigenvalue weighted by Crippen LogP contribution is -2.32. The van der Waals surface area contributed by atoms with Crippen molar-refractivity contribution in [2.45, 2.75) is 51.9 Å². The Morgan fingerprint density at radius 3 is 2.60 bits per heavy atom. The van der Waals surface area contributed by atoms with E-state index in [1.807, 2.05) is 0 Å². The van der Waals surface area contributed by atoms with Gasteiger partial charge in [0.2, 0.25) is 5.75 Å². The first-order valence-electron chi connectivity index (χ1n) is 11.3. The number of hydrogen-bond acceptors (Lipinski definition) is 1. The van der Waals surface area contributed by atoms with E-state index < -0.39 is 0 Å². The minimum Gasteiger partial charge on any atom is -0.449 e. The standard InChI is InChI=1S/C28H28NO/c1-17-14-21-10-7-11-24-26(21)25(18(17)2)27-28(30-24)23-13-12-20(15-22(23)16-29(27)3)19-8-5-4-6-9-19/h7,10-16,19H,4-6,8-9H2,1-3H3/q+1. The van der Waals surface area contributed by atoms with E-state index in [1.165, 1.54) is 81.6 Å². The van der Waals surface area contributed by atoms with Crippen molar-refractivity contribution in [2.24, 2.45) is 7.05 Å². The number of aryl methyl sites for hydroxylation is 2. The van der Waals surface area contributed by atoms with Crippen molar-refractivity contribution in [2.75, 3.05) is 0 Å². The topological polar surface area (TPSA) is 13.1 Å². The Hall–Kier alpha value is -2.87. The van der Waals surface area contributed by atoms with Crippen LogP contribution in [0.2, 0.25) is 0 Å². The molecule has 1 aliphatic carbocycles. The van der Waals surface area contributed by atoms with Crippen LogP contribution in [-0.4, -0.2) is 0 Å². The molecule has 2 nitrogen and oxygen atoms in total. The van der Waals surface area contributed by atoms with Crippen LogP contribution in [0.4, 0.5) is 0 Å². The van der Waals surface area contributed by atoms with E-state index >= 15 is 0 Å². The lowest BCUT2D eigenvalue weighted by Gasteiger charge is -2.24. The first kappa shape index (κ1) is 17.9. The van der Waals surface area contributed by atoms with Crippen molar-refractivity contribution in [1.82, 2.24) is 0 Å².